The molecule has 0 N–H and O–H groups in total. The highest BCUT2D eigenvalue weighted by molar-refractivity contribution is 5.77. The SMILES string of the molecule is Cc1ccc2c(c1)C1C3C=CC(C3)C1c1cc(C)c(C)cc1-2. The molecule has 4 unspecified atom stereocenters. The first-order valence-electron chi connectivity index (χ1n) is 8.54. The van der Waals surface area contributed by atoms with Crippen LogP contribution in [0.5, 0.6) is 0 Å². The van der Waals surface area contributed by atoms with Gasteiger partial charge >= 0.3 is 0 Å². The van der Waals surface area contributed by atoms with Gasteiger partial charge in [0.25, 0.3) is 0 Å². The molecule has 2 bridgehead atoms. The third-order valence-electron chi connectivity index (χ3n) is 6.34. The maximum Gasteiger partial charge on any atom is -0.00178 e. The fraction of sp³-hybridized carbons (Fsp3) is 0.364. The molecule has 3 aliphatic carbocycles. The van der Waals surface area contributed by atoms with Gasteiger partial charge in [-0.25, -0.2) is 0 Å². The quantitative estimate of drug-likeness (QED) is 0.548. The number of rotatable bonds is 0. The molecule has 2 aromatic rings. The van der Waals surface area contributed by atoms with Gasteiger partial charge in [0, 0.05) is 0 Å². The van der Waals surface area contributed by atoms with Crippen LogP contribution < -0.4 is 0 Å². The predicted octanol–water partition coefficient (Wildman–Crippen LogP) is 5.67. The highest BCUT2D eigenvalue weighted by Crippen LogP contribution is 2.62. The zero-order chi connectivity index (χ0) is 15.0. The molecule has 3 aliphatic rings. The minimum absolute atomic E-state index is 0.707. The molecule has 0 aliphatic heterocycles. The Labute approximate surface area is 132 Å². The molecule has 22 heavy (non-hydrogen) atoms. The Hall–Kier alpha value is -1.82. The van der Waals surface area contributed by atoms with Crippen LogP contribution in [0.2, 0.25) is 0 Å². The van der Waals surface area contributed by atoms with Crippen molar-refractivity contribution in [3.63, 3.8) is 0 Å². The van der Waals surface area contributed by atoms with Crippen LogP contribution in [0.15, 0.2) is 42.5 Å². The molecule has 0 amide bonds. The van der Waals surface area contributed by atoms with Gasteiger partial charge in [-0.15, -0.1) is 0 Å². The van der Waals surface area contributed by atoms with Gasteiger partial charge in [0.1, 0.15) is 0 Å². The lowest BCUT2D eigenvalue weighted by atomic mass is 9.66. The second-order valence-electron chi connectivity index (χ2n) is 7.61. The molecule has 0 radical (unpaired) electrons. The molecule has 1 fully saturated rings. The number of hydrogen-bond acceptors (Lipinski definition) is 0. The van der Waals surface area contributed by atoms with Gasteiger partial charge in [-0.3, -0.25) is 0 Å². The Bertz CT molecular complexity index is 824. The van der Waals surface area contributed by atoms with E-state index in [0.717, 1.165) is 11.8 Å². The van der Waals surface area contributed by atoms with Gasteiger partial charge in [0.05, 0.1) is 0 Å². The van der Waals surface area contributed by atoms with E-state index < -0.39 is 0 Å². The molecule has 0 aromatic heterocycles. The molecule has 2 aromatic carbocycles. The van der Waals surface area contributed by atoms with E-state index in [2.05, 4.69) is 63.3 Å². The summed E-state index contributed by atoms with van der Waals surface area (Å²) in [7, 11) is 0. The normalized spacial score (nSPS) is 30.1. The lowest BCUT2D eigenvalue weighted by molar-refractivity contribution is 0.503. The number of fused-ring (bicyclic) bond motifs is 10. The van der Waals surface area contributed by atoms with Gasteiger partial charge in [-0.2, -0.15) is 0 Å². The third-order valence-corrected chi connectivity index (χ3v) is 6.34. The van der Waals surface area contributed by atoms with Crippen LogP contribution in [-0.2, 0) is 0 Å². The summed E-state index contributed by atoms with van der Waals surface area (Å²) in [5.74, 6) is 2.92. The standard InChI is InChI=1S/C22H22/c1-12-4-7-17-18-9-13(2)14(3)10-20(18)22-16-6-5-15(11-16)21(22)19(17)8-12/h4-10,15-16,21-22H,11H2,1-3H3. The maximum absolute atomic E-state index is 2.49. The second kappa shape index (κ2) is 4.13. The number of hydrogen-bond donors (Lipinski definition) is 0. The van der Waals surface area contributed by atoms with E-state index in [1.807, 2.05) is 0 Å². The smallest absolute Gasteiger partial charge is 0.00178 e. The van der Waals surface area contributed by atoms with Crippen LogP contribution in [0.4, 0.5) is 0 Å². The molecule has 0 nitrogen and oxygen atoms in total. The monoisotopic (exact) mass is 286 g/mol. The average molecular weight is 286 g/mol. The first-order chi connectivity index (χ1) is 10.6. The minimum Gasteiger partial charge on any atom is -0.0845 e. The summed E-state index contributed by atoms with van der Waals surface area (Å²) < 4.78 is 0. The third kappa shape index (κ3) is 1.48. The summed E-state index contributed by atoms with van der Waals surface area (Å²) in [5, 5.41) is 0. The molecule has 5 rings (SSSR count). The fourth-order valence-electron chi connectivity index (χ4n) is 5.22. The van der Waals surface area contributed by atoms with Crippen LogP contribution in [0.3, 0.4) is 0 Å². The molecular weight excluding hydrogens is 264 g/mol. The number of benzene rings is 2. The summed E-state index contributed by atoms with van der Waals surface area (Å²) in [6, 6.07) is 12.0. The Morgan fingerprint density at radius 2 is 1.36 bits per heavy atom. The lowest BCUT2D eigenvalue weighted by Crippen LogP contribution is -2.22. The molecule has 110 valence electrons. The molecule has 4 atom stereocenters. The van der Waals surface area contributed by atoms with Crippen molar-refractivity contribution in [3.8, 4) is 11.1 Å². The number of allylic oxidation sites excluding steroid dienone is 2. The highest BCUT2D eigenvalue weighted by atomic mass is 14.5. The van der Waals surface area contributed by atoms with E-state index in [0.29, 0.717) is 11.8 Å². The van der Waals surface area contributed by atoms with Crippen LogP contribution in [-0.4, -0.2) is 0 Å². The van der Waals surface area contributed by atoms with Crippen molar-refractivity contribution in [2.75, 3.05) is 0 Å². The summed E-state index contributed by atoms with van der Waals surface area (Å²) >= 11 is 0. The van der Waals surface area contributed by atoms with Crippen LogP contribution in [0.1, 0.15) is 46.1 Å². The minimum atomic E-state index is 0.707. The van der Waals surface area contributed by atoms with Crippen LogP contribution >= 0.6 is 0 Å². The second-order valence-corrected chi connectivity index (χ2v) is 7.61. The van der Waals surface area contributed by atoms with Crippen molar-refractivity contribution < 1.29 is 0 Å². The first-order valence-corrected chi connectivity index (χ1v) is 8.54. The van der Waals surface area contributed by atoms with E-state index in [1.165, 1.54) is 34.2 Å². The molecule has 0 spiro atoms. The molecule has 0 heterocycles. The summed E-state index contributed by atoms with van der Waals surface area (Å²) in [5.41, 5.74) is 10.5. The van der Waals surface area contributed by atoms with Crippen molar-refractivity contribution >= 4 is 0 Å². The summed E-state index contributed by atoms with van der Waals surface area (Å²) in [6.45, 7) is 6.74. The van der Waals surface area contributed by atoms with Gasteiger partial charge in [-0.1, -0.05) is 48.0 Å². The molecule has 0 saturated heterocycles. The zero-order valence-corrected chi connectivity index (χ0v) is 13.6. The molecular formula is C22H22. The van der Waals surface area contributed by atoms with E-state index in [-0.39, 0.29) is 0 Å². The Balaban J connectivity index is 1.85. The van der Waals surface area contributed by atoms with Gasteiger partial charge in [-0.05, 0) is 84.2 Å². The predicted molar refractivity (Wildman–Crippen MR) is 92.3 cm³/mol. The van der Waals surface area contributed by atoms with Crippen LogP contribution in [0.25, 0.3) is 11.1 Å². The zero-order valence-electron chi connectivity index (χ0n) is 13.6. The van der Waals surface area contributed by atoms with E-state index in [1.54, 1.807) is 11.1 Å². The van der Waals surface area contributed by atoms with Crippen molar-refractivity contribution in [1.29, 1.82) is 0 Å². The summed E-state index contributed by atoms with van der Waals surface area (Å²) in [6.07, 6.45) is 6.34. The topological polar surface area (TPSA) is 0 Å². The molecule has 1 saturated carbocycles. The van der Waals surface area contributed by atoms with E-state index >= 15 is 0 Å². The first kappa shape index (κ1) is 12.7. The fourth-order valence-corrected chi connectivity index (χ4v) is 5.22. The van der Waals surface area contributed by atoms with Gasteiger partial charge < -0.3 is 0 Å². The lowest BCUT2D eigenvalue weighted by Gasteiger charge is -2.37. The van der Waals surface area contributed by atoms with E-state index in [9.17, 15) is 0 Å². The van der Waals surface area contributed by atoms with Crippen molar-refractivity contribution in [1.82, 2.24) is 0 Å². The highest BCUT2D eigenvalue weighted by Gasteiger charge is 2.49. The Morgan fingerprint density at radius 1 is 0.727 bits per heavy atom. The summed E-state index contributed by atoms with van der Waals surface area (Å²) in [4.78, 5) is 0. The number of aryl methyl sites for hydroxylation is 3. The van der Waals surface area contributed by atoms with Crippen molar-refractivity contribution in [3.05, 3.63) is 70.3 Å². The Kier molecular flexibility index (Phi) is 2.38. The van der Waals surface area contributed by atoms with Gasteiger partial charge in [0.2, 0.25) is 0 Å². The maximum atomic E-state index is 2.49. The Morgan fingerprint density at radius 3 is 2.09 bits per heavy atom. The van der Waals surface area contributed by atoms with E-state index in [4.69, 9.17) is 0 Å². The van der Waals surface area contributed by atoms with Crippen molar-refractivity contribution in [2.45, 2.75) is 39.0 Å². The van der Waals surface area contributed by atoms with Gasteiger partial charge in [0.15, 0.2) is 0 Å². The van der Waals surface area contributed by atoms with Crippen LogP contribution in [0, 0.1) is 32.6 Å². The largest absolute Gasteiger partial charge is 0.0845 e. The molecule has 0 heteroatoms. The average Bonchev–Trinajstić information content (AvgIpc) is 3.10. The van der Waals surface area contributed by atoms with Crippen molar-refractivity contribution in [2.24, 2.45) is 11.8 Å².